The summed E-state index contributed by atoms with van der Waals surface area (Å²) in [4.78, 5) is 0.589. The Labute approximate surface area is 129 Å². The van der Waals surface area contributed by atoms with Crippen molar-refractivity contribution in [2.45, 2.75) is 4.21 Å². The van der Waals surface area contributed by atoms with Crippen LogP contribution in [-0.2, 0) is 10.0 Å². The third-order valence-electron chi connectivity index (χ3n) is 2.26. The second-order valence-corrected chi connectivity index (χ2v) is 7.55. The van der Waals surface area contributed by atoms with Crippen LogP contribution in [0, 0.1) is 5.82 Å². The maximum Gasteiger partial charge on any atom is 0.271 e. The lowest BCUT2D eigenvalue weighted by Gasteiger charge is -2.08. The average molecular weight is 351 g/mol. The molecule has 0 unspecified atom stereocenters. The topological polar surface area (TPSA) is 72.2 Å². The Balaban J connectivity index is 2.35. The lowest BCUT2D eigenvalue weighted by atomic mass is 10.3. The zero-order chi connectivity index (χ0) is 14.9. The minimum Gasteiger partial charge on any atom is -0.389 e. The second-order valence-electron chi connectivity index (χ2n) is 3.71. The molecule has 1 aromatic carbocycles. The Kier molecular flexibility index (Phi) is 4.28. The van der Waals surface area contributed by atoms with Crippen LogP contribution in [0.2, 0.25) is 5.02 Å². The van der Waals surface area contributed by atoms with E-state index >= 15 is 0 Å². The maximum absolute atomic E-state index is 13.1. The number of anilines is 1. The van der Waals surface area contributed by atoms with Crippen LogP contribution in [0.25, 0.3) is 0 Å². The van der Waals surface area contributed by atoms with Gasteiger partial charge < -0.3 is 5.73 Å². The van der Waals surface area contributed by atoms with Gasteiger partial charge in [0.1, 0.15) is 15.0 Å². The molecule has 0 aliphatic rings. The lowest BCUT2D eigenvalue weighted by molar-refractivity contribution is 0.603. The highest BCUT2D eigenvalue weighted by Crippen LogP contribution is 2.28. The number of rotatable bonds is 4. The molecular weight excluding hydrogens is 343 g/mol. The first-order valence-electron chi connectivity index (χ1n) is 5.17. The predicted octanol–water partition coefficient (Wildman–Crippen LogP) is 2.98. The lowest BCUT2D eigenvalue weighted by Crippen LogP contribution is -2.12. The molecule has 3 N–H and O–H groups in total. The number of sulfonamides is 1. The molecule has 9 heteroatoms. The first-order chi connectivity index (χ1) is 9.29. The summed E-state index contributed by atoms with van der Waals surface area (Å²) in [7, 11) is -3.86. The molecule has 1 aromatic heterocycles. The van der Waals surface area contributed by atoms with Crippen LogP contribution in [0.1, 0.15) is 4.88 Å². The van der Waals surface area contributed by atoms with Crippen LogP contribution in [0.4, 0.5) is 10.1 Å². The highest BCUT2D eigenvalue weighted by molar-refractivity contribution is 7.94. The van der Waals surface area contributed by atoms with E-state index in [4.69, 9.17) is 29.6 Å². The quantitative estimate of drug-likeness (QED) is 0.831. The highest BCUT2D eigenvalue weighted by atomic mass is 35.5. The summed E-state index contributed by atoms with van der Waals surface area (Å²) in [6.45, 7) is 0. The van der Waals surface area contributed by atoms with Crippen LogP contribution in [-0.4, -0.2) is 13.4 Å². The summed E-state index contributed by atoms with van der Waals surface area (Å²) in [5, 5.41) is 0.0982. The second kappa shape index (κ2) is 5.65. The van der Waals surface area contributed by atoms with Gasteiger partial charge in [-0.3, -0.25) is 4.72 Å². The van der Waals surface area contributed by atoms with Gasteiger partial charge >= 0.3 is 0 Å². The number of halogens is 2. The van der Waals surface area contributed by atoms with Crippen molar-refractivity contribution in [2.75, 3.05) is 4.72 Å². The minimum absolute atomic E-state index is 0.0145. The molecule has 0 atom stereocenters. The molecule has 20 heavy (non-hydrogen) atoms. The van der Waals surface area contributed by atoms with E-state index in [-0.39, 0.29) is 19.9 Å². The SMILES string of the molecule is NC(=S)c1ccc(S(=O)(=O)Nc2cc(F)ccc2Cl)s1. The van der Waals surface area contributed by atoms with Gasteiger partial charge in [-0.25, -0.2) is 12.8 Å². The van der Waals surface area contributed by atoms with Gasteiger partial charge in [0, 0.05) is 0 Å². The molecule has 4 nitrogen and oxygen atoms in total. The van der Waals surface area contributed by atoms with E-state index in [0.717, 1.165) is 23.5 Å². The smallest absolute Gasteiger partial charge is 0.271 e. The highest BCUT2D eigenvalue weighted by Gasteiger charge is 2.19. The van der Waals surface area contributed by atoms with Gasteiger partial charge in [0.05, 0.1) is 15.6 Å². The summed E-state index contributed by atoms with van der Waals surface area (Å²) in [6, 6.07) is 6.28. The summed E-state index contributed by atoms with van der Waals surface area (Å²) in [6.07, 6.45) is 0. The molecule has 0 amide bonds. The van der Waals surface area contributed by atoms with Crippen molar-refractivity contribution in [2.24, 2.45) is 5.73 Å². The number of benzene rings is 1. The van der Waals surface area contributed by atoms with Crippen LogP contribution in [0.15, 0.2) is 34.5 Å². The zero-order valence-corrected chi connectivity index (χ0v) is 13.0. The summed E-state index contributed by atoms with van der Waals surface area (Å²) < 4.78 is 39.6. The molecule has 2 aromatic rings. The van der Waals surface area contributed by atoms with Crippen molar-refractivity contribution >= 4 is 55.9 Å². The maximum atomic E-state index is 13.1. The zero-order valence-electron chi connectivity index (χ0n) is 9.76. The van der Waals surface area contributed by atoms with Gasteiger partial charge in [0.2, 0.25) is 0 Å². The van der Waals surface area contributed by atoms with Crippen molar-refractivity contribution in [1.82, 2.24) is 0 Å². The molecule has 0 saturated heterocycles. The summed E-state index contributed by atoms with van der Waals surface area (Å²) >= 11 is 11.5. The molecular formula is C11H8ClFN2O2S3. The fraction of sp³-hybridized carbons (Fsp3) is 0. The van der Waals surface area contributed by atoms with Crippen molar-refractivity contribution in [1.29, 1.82) is 0 Å². The van der Waals surface area contributed by atoms with E-state index in [1.165, 1.54) is 18.2 Å². The van der Waals surface area contributed by atoms with E-state index in [1.54, 1.807) is 0 Å². The Bertz CT molecular complexity index is 774. The first-order valence-corrected chi connectivity index (χ1v) is 8.26. The van der Waals surface area contributed by atoms with E-state index in [0.29, 0.717) is 4.88 Å². The molecule has 2 rings (SSSR count). The van der Waals surface area contributed by atoms with E-state index in [2.05, 4.69) is 4.72 Å². The number of nitrogens with two attached hydrogens (primary N) is 1. The molecule has 0 radical (unpaired) electrons. The van der Waals surface area contributed by atoms with Crippen molar-refractivity contribution in [3.63, 3.8) is 0 Å². The van der Waals surface area contributed by atoms with Crippen LogP contribution in [0.3, 0.4) is 0 Å². The monoisotopic (exact) mass is 350 g/mol. The fourth-order valence-corrected chi connectivity index (χ4v) is 4.01. The number of nitrogens with one attached hydrogen (secondary N) is 1. The van der Waals surface area contributed by atoms with Gasteiger partial charge in [-0.1, -0.05) is 23.8 Å². The average Bonchev–Trinajstić information content (AvgIpc) is 2.84. The van der Waals surface area contributed by atoms with Crippen LogP contribution < -0.4 is 10.5 Å². The third kappa shape index (κ3) is 3.26. The van der Waals surface area contributed by atoms with Crippen molar-refractivity contribution < 1.29 is 12.8 Å². The van der Waals surface area contributed by atoms with E-state index in [1.807, 2.05) is 0 Å². The molecule has 0 aliphatic carbocycles. The minimum atomic E-state index is -3.86. The Morgan fingerprint density at radius 2 is 2.05 bits per heavy atom. The molecule has 0 bridgehead atoms. The van der Waals surface area contributed by atoms with Gasteiger partial charge in [-0.05, 0) is 30.3 Å². The van der Waals surface area contributed by atoms with Crippen LogP contribution >= 0.6 is 35.2 Å². The largest absolute Gasteiger partial charge is 0.389 e. The molecule has 0 aliphatic heterocycles. The van der Waals surface area contributed by atoms with Crippen molar-refractivity contribution in [3.05, 3.63) is 46.0 Å². The Hall–Kier alpha value is -1.22. The molecule has 0 fully saturated rings. The fourth-order valence-electron chi connectivity index (χ4n) is 1.37. The summed E-state index contributed by atoms with van der Waals surface area (Å²) in [5.74, 6) is -0.595. The van der Waals surface area contributed by atoms with Gasteiger partial charge in [0.15, 0.2) is 0 Å². The van der Waals surface area contributed by atoms with Gasteiger partial charge in [-0.2, -0.15) is 0 Å². The number of hydrogen-bond acceptors (Lipinski definition) is 4. The Morgan fingerprint density at radius 3 is 2.65 bits per heavy atom. The predicted molar refractivity (Wildman–Crippen MR) is 82.4 cm³/mol. The first kappa shape index (κ1) is 15.2. The van der Waals surface area contributed by atoms with Gasteiger partial charge in [-0.15, -0.1) is 11.3 Å². The number of thiophene rings is 1. The van der Waals surface area contributed by atoms with E-state index < -0.39 is 15.8 Å². The molecule has 1 heterocycles. The normalized spacial score (nSPS) is 11.3. The molecule has 0 spiro atoms. The van der Waals surface area contributed by atoms with Crippen molar-refractivity contribution in [3.8, 4) is 0 Å². The van der Waals surface area contributed by atoms with Crippen LogP contribution in [0.5, 0.6) is 0 Å². The standard InChI is InChI=1S/C11H8ClFN2O2S3/c12-7-2-1-6(13)5-8(7)15-20(16,17)10-4-3-9(19-10)11(14)18/h1-5,15H,(H2,14,18). The molecule has 0 saturated carbocycles. The number of hydrogen-bond donors (Lipinski definition) is 2. The molecule has 106 valence electrons. The third-order valence-corrected chi connectivity index (χ3v) is 5.92. The van der Waals surface area contributed by atoms with E-state index in [9.17, 15) is 12.8 Å². The Morgan fingerprint density at radius 1 is 1.35 bits per heavy atom. The van der Waals surface area contributed by atoms with Gasteiger partial charge in [0.25, 0.3) is 10.0 Å². The summed E-state index contributed by atoms with van der Waals surface area (Å²) in [5.41, 5.74) is 5.39. The number of thiocarbonyl (C=S) groups is 1.